The van der Waals surface area contributed by atoms with Gasteiger partial charge in [0.1, 0.15) is 5.75 Å². The molecule has 1 unspecified atom stereocenters. The van der Waals surface area contributed by atoms with Gasteiger partial charge in [0.15, 0.2) is 0 Å². The van der Waals surface area contributed by atoms with Gasteiger partial charge in [-0.1, -0.05) is 44.2 Å². The summed E-state index contributed by atoms with van der Waals surface area (Å²) in [4.78, 5) is 0.297. The molecule has 0 aromatic heterocycles. The zero-order valence-electron chi connectivity index (χ0n) is 13.3. The Balaban J connectivity index is 1.85. The molecule has 1 atom stereocenters. The van der Waals surface area contributed by atoms with Gasteiger partial charge in [0.05, 0.1) is 17.5 Å². The number of hydrogen-bond acceptors (Lipinski definition) is 3. The van der Waals surface area contributed by atoms with Crippen LogP contribution in [0.15, 0.2) is 53.4 Å². The van der Waals surface area contributed by atoms with E-state index in [2.05, 4.69) is 18.6 Å². The van der Waals surface area contributed by atoms with Gasteiger partial charge in [0.25, 0.3) is 0 Å². The number of hydrogen-bond donors (Lipinski definition) is 1. The molecule has 0 radical (unpaired) electrons. The second kappa shape index (κ2) is 6.34. The van der Waals surface area contributed by atoms with Crippen molar-refractivity contribution in [2.45, 2.75) is 37.1 Å². The van der Waals surface area contributed by atoms with E-state index in [1.807, 2.05) is 36.4 Å². The summed E-state index contributed by atoms with van der Waals surface area (Å²) >= 11 is 0. The Morgan fingerprint density at radius 3 is 2.48 bits per heavy atom. The van der Waals surface area contributed by atoms with Crippen LogP contribution >= 0.6 is 0 Å². The van der Waals surface area contributed by atoms with Crippen LogP contribution in [0.4, 0.5) is 0 Å². The minimum absolute atomic E-state index is 0.255. The standard InChI is InChI=1S/C18H21NO3S/c1-13(2)14-7-9-15(10-8-14)23(20,21)19-17-11-12-22-18-6-4-3-5-16(17)18/h3-10,13,17,19H,11-12H2,1-2H3. The fraction of sp³-hybridized carbons (Fsp3) is 0.333. The highest BCUT2D eigenvalue weighted by Crippen LogP contribution is 2.32. The van der Waals surface area contributed by atoms with Crippen LogP contribution in [0.3, 0.4) is 0 Å². The Labute approximate surface area is 137 Å². The molecule has 0 aliphatic carbocycles. The molecular formula is C18H21NO3S. The highest BCUT2D eigenvalue weighted by molar-refractivity contribution is 7.89. The molecule has 2 aromatic rings. The van der Waals surface area contributed by atoms with Gasteiger partial charge in [-0.15, -0.1) is 0 Å². The second-order valence-electron chi connectivity index (χ2n) is 6.07. The van der Waals surface area contributed by atoms with Crippen LogP contribution in [-0.4, -0.2) is 15.0 Å². The van der Waals surface area contributed by atoms with Gasteiger partial charge in [0, 0.05) is 12.0 Å². The minimum Gasteiger partial charge on any atom is -0.493 e. The lowest BCUT2D eigenvalue weighted by Crippen LogP contribution is -2.32. The molecule has 2 aromatic carbocycles. The maximum Gasteiger partial charge on any atom is 0.241 e. The number of fused-ring (bicyclic) bond motifs is 1. The molecule has 0 spiro atoms. The third-order valence-electron chi connectivity index (χ3n) is 4.11. The van der Waals surface area contributed by atoms with Crippen LogP contribution in [0, 0.1) is 0 Å². The third-order valence-corrected chi connectivity index (χ3v) is 5.60. The molecule has 1 heterocycles. The molecule has 0 bridgehead atoms. The second-order valence-corrected chi connectivity index (χ2v) is 7.79. The lowest BCUT2D eigenvalue weighted by molar-refractivity contribution is 0.263. The number of sulfonamides is 1. The van der Waals surface area contributed by atoms with E-state index in [9.17, 15) is 8.42 Å². The SMILES string of the molecule is CC(C)c1ccc(S(=O)(=O)NC2CCOc3ccccc32)cc1. The van der Waals surface area contributed by atoms with Gasteiger partial charge in [0.2, 0.25) is 10.0 Å². The summed E-state index contributed by atoms with van der Waals surface area (Å²) in [5.74, 6) is 1.13. The Hall–Kier alpha value is -1.85. The fourth-order valence-corrected chi connectivity index (χ4v) is 4.00. The van der Waals surface area contributed by atoms with E-state index in [0.29, 0.717) is 23.8 Å². The molecular weight excluding hydrogens is 310 g/mol. The predicted octanol–water partition coefficient (Wildman–Crippen LogP) is 3.61. The maximum absolute atomic E-state index is 12.6. The first kappa shape index (κ1) is 16.0. The number of para-hydroxylation sites is 1. The van der Waals surface area contributed by atoms with Gasteiger partial charge in [-0.3, -0.25) is 0 Å². The number of rotatable bonds is 4. The molecule has 1 N–H and O–H groups in total. The Morgan fingerprint density at radius 1 is 1.09 bits per heavy atom. The zero-order valence-corrected chi connectivity index (χ0v) is 14.1. The normalized spacial score (nSPS) is 17.6. The van der Waals surface area contributed by atoms with Crippen molar-refractivity contribution in [2.24, 2.45) is 0 Å². The average molecular weight is 331 g/mol. The maximum atomic E-state index is 12.6. The summed E-state index contributed by atoms with van der Waals surface area (Å²) in [7, 11) is -3.55. The predicted molar refractivity (Wildman–Crippen MR) is 90.1 cm³/mol. The summed E-state index contributed by atoms with van der Waals surface area (Å²) in [5, 5.41) is 0. The number of nitrogens with one attached hydrogen (secondary N) is 1. The smallest absolute Gasteiger partial charge is 0.241 e. The van der Waals surface area contributed by atoms with Crippen molar-refractivity contribution < 1.29 is 13.2 Å². The van der Waals surface area contributed by atoms with Gasteiger partial charge < -0.3 is 4.74 Å². The molecule has 0 amide bonds. The molecule has 122 valence electrons. The zero-order chi connectivity index (χ0) is 16.4. The van der Waals surface area contributed by atoms with Gasteiger partial charge in [-0.25, -0.2) is 13.1 Å². The molecule has 23 heavy (non-hydrogen) atoms. The van der Waals surface area contributed by atoms with Crippen LogP contribution < -0.4 is 9.46 Å². The van der Waals surface area contributed by atoms with Gasteiger partial charge in [-0.2, -0.15) is 0 Å². The highest BCUT2D eigenvalue weighted by atomic mass is 32.2. The van der Waals surface area contributed by atoms with Crippen molar-refractivity contribution in [3.05, 3.63) is 59.7 Å². The monoisotopic (exact) mass is 331 g/mol. The van der Waals surface area contributed by atoms with Crippen molar-refractivity contribution in [3.63, 3.8) is 0 Å². The summed E-state index contributed by atoms with van der Waals surface area (Å²) < 4.78 is 33.7. The fourth-order valence-electron chi connectivity index (χ4n) is 2.75. The highest BCUT2D eigenvalue weighted by Gasteiger charge is 2.26. The van der Waals surface area contributed by atoms with Crippen molar-refractivity contribution in [1.82, 2.24) is 4.72 Å². The Morgan fingerprint density at radius 2 is 1.78 bits per heavy atom. The van der Waals surface area contributed by atoms with E-state index in [-0.39, 0.29) is 6.04 Å². The van der Waals surface area contributed by atoms with Crippen LogP contribution in [0.5, 0.6) is 5.75 Å². The van der Waals surface area contributed by atoms with E-state index in [1.54, 1.807) is 12.1 Å². The Kier molecular flexibility index (Phi) is 4.41. The van der Waals surface area contributed by atoms with Gasteiger partial charge in [-0.05, 0) is 29.7 Å². The van der Waals surface area contributed by atoms with Crippen molar-refractivity contribution in [2.75, 3.05) is 6.61 Å². The van der Waals surface area contributed by atoms with Crippen molar-refractivity contribution in [3.8, 4) is 5.75 Å². The first-order chi connectivity index (χ1) is 11.0. The quantitative estimate of drug-likeness (QED) is 0.931. The van der Waals surface area contributed by atoms with E-state index < -0.39 is 10.0 Å². The van der Waals surface area contributed by atoms with Crippen LogP contribution in [0.25, 0.3) is 0 Å². The average Bonchev–Trinajstić information content (AvgIpc) is 2.55. The van der Waals surface area contributed by atoms with Crippen LogP contribution in [-0.2, 0) is 10.0 Å². The summed E-state index contributed by atoms with van der Waals surface area (Å²) in [6.07, 6.45) is 0.625. The molecule has 0 saturated heterocycles. The summed E-state index contributed by atoms with van der Waals surface area (Å²) in [6.45, 7) is 4.68. The van der Waals surface area contributed by atoms with E-state index >= 15 is 0 Å². The largest absolute Gasteiger partial charge is 0.493 e. The molecule has 0 fully saturated rings. The molecule has 1 aliphatic rings. The van der Waals surface area contributed by atoms with Crippen LogP contribution in [0.2, 0.25) is 0 Å². The first-order valence-corrected chi connectivity index (χ1v) is 9.30. The Bertz CT molecular complexity index is 782. The molecule has 1 aliphatic heterocycles. The van der Waals surface area contributed by atoms with Crippen molar-refractivity contribution in [1.29, 1.82) is 0 Å². The molecule has 5 heteroatoms. The third kappa shape index (κ3) is 3.41. The van der Waals surface area contributed by atoms with Crippen LogP contribution in [0.1, 0.15) is 43.4 Å². The molecule has 3 rings (SSSR count). The lowest BCUT2D eigenvalue weighted by Gasteiger charge is -2.26. The number of ether oxygens (including phenoxy) is 1. The van der Waals surface area contributed by atoms with E-state index in [0.717, 1.165) is 16.9 Å². The lowest BCUT2D eigenvalue weighted by atomic mass is 10.0. The van der Waals surface area contributed by atoms with E-state index in [4.69, 9.17) is 4.74 Å². The summed E-state index contributed by atoms with van der Waals surface area (Å²) in [6, 6.07) is 14.4. The molecule has 0 saturated carbocycles. The molecule has 4 nitrogen and oxygen atoms in total. The summed E-state index contributed by atoms with van der Waals surface area (Å²) in [5.41, 5.74) is 2.02. The van der Waals surface area contributed by atoms with Crippen molar-refractivity contribution >= 4 is 10.0 Å². The number of benzene rings is 2. The first-order valence-electron chi connectivity index (χ1n) is 7.81. The minimum atomic E-state index is -3.55. The van der Waals surface area contributed by atoms with Gasteiger partial charge >= 0.3 is 0 Å². The topological polar surface area (TPSA) is 55.4 Å². The van der Waals surface area contributed by atoms with E-state index in [1.165, 1.54) is 0 Å².